The van der Waals surface area contributed by atoms with Gasteiger partial charge in [0.15, 0.2) is 0 Å². The minimum Gasteiger partial charge on any atom is -0.481 e. The molecule has 3 rings (SSSR count). The van der Waals surface area contributed by atoms with Gasteiger partial charge in [-0.25, -0.2) is 0 Å². The maximum absolute atomic E-state index is 12.0. The zero-order valence-corrected chi connectivity index (χ0v) is 26.8. The molecule has 0 aliphatic heterocycles. The van der Waals surface area contributed by atoms with E-state index in [4.69, 9.17) is 0 Å². The van der Waals surface area contributed by atoms with Crippen LogP contribution in [0.2, 0.25) is 0 Å². The molecule has 0 aromatic heterocycles. The molecular formula is C39H54O2. The number of carboxylic acids is 1. The molecule has 0 spiro atoms. The molecule has 222 valence electrons. The first-order valence-corrected chi connectivity index (χ1v) is 15.8. The molecule has 0 aliphatic rings. The molecule has 0 amide bonds. The predicted molar refractivity (Wildman–Crippen MR) is 175 cm³/mol. The van der Waals surface area contributed by atoms with E-state index in [0.717, 1.165) is 18.4 Å². The van der Waals surface area contributed by atoms with Gasteiger partial charge in [0.25, 0.3) is 0 Å². The lowest BCUT2D eigenvalue weighted by Crippen LogP contribution is -2.27. The van der Waals surface area contributed by atoms with E-state index in [1.54, 1.807) is 0 Å². The van der Waals surface area contributed by atoms with Gasteiger partial charge < -0.3 is 5.11 Å². The van der Waals surface area contributed by atoms with Gasteiger partial charge in [-0.3, -0.25) is 4.79 Å². The topological polar surface area (TPSA) is 37.3 Å². The van der Waals surface area contributed by atoms with Crippen LogP contribution in [0, 0.1) is 29.1 Å². The molecule has 5 atom stereocenters. The molecule has 3 aromatic carbocycles. The van der Waals surface area contributed by atoms with Crippen LogP contribution in [0.25, 0.3) is 0 Å². The highest BCUT2D eigenvalue weighted by Crippen LogP contribution is 2.46. The molecule has 0 radical (unpaired) electrons. The molecule has 0 heterocycles. The third-order valence-corrected chi connectivity index (χ3v) is 9.10. The number of carboxylic acid groups (broad SMARTS) is 1. The van der Waals surface area contributed by atoms with Gasteiger partial charge in [0.2, 0.25) is 0 Å². The van der Waals surface area contributed by atoms with Gasteiger partial charge in [-0.05, 0) is 88.9 Å². The quantitative estimate of drug-likeness (QED) is 0.203. The van der Waals surface area contributed by atoms with Gasteiger partial charge in [0.05, 0.1) is 5.92 Å². The molecule has 2 nitrogen and oxygen atoms in total. The summed E-state index contributed by atoms with van der Waals surface area (Å²) >= 11 is 0. The SMILES string of the molecule is CC(C)C[C@H](c1ccccc1)C(C)(C)CC(C)C[C@@H](c1ccccc1)C(C)Cc1cccc([C@@H](C(=O)O)C(C)C)c1. The van der Waals surface area contributed by atoms with E-state index in [1.165, 1.54) is 29.5 Å². The summed E-state index contributed by atoms with van der Waals surface area (Å²) in [7, 11) is 0. The van der Waals surface area contributed by atoms with E-state index in [-0.39, 0.29) is 11.3 Å². The molecule has 0 fully saturated rings. The Kier molecular flexibility index (Phi) is 11.8. The first-order valence-electron chi connectivity index (χ1n) is 15.8. The van der Waals surface area contributed by atoms with Crippen LogP contribution in [-0.4, -0.2) is 11.1 Å². The zero-order chi connectivity index (χ0) is 30.2. The lowest BCUT2D eigenvalue weighted by Gasteiger charge is -2.39. The van der Waals surface area contributed by atoms with Crippen LogP contribution in [0.1, 0.15) is 115 Å². The molecule has 41 heavy (non-hydrogen) atoms. The number of hydrogen-bond acceptors (Lipinski definition) is 1. The van der Waals surface area contributed by atoms with Crippen LogP contribution in [0.5, 0.6) is 0 Å². The number of benzene rings is 3. The summed E-state index contributed by atoms with van der Waals surface area (Å²) in [6, 6.07) is 30.5. The van der Waals surface area contributed by atoms with Crippen molar-refractivity contribution in [2.24, 2.45) is 29.1 Å². The number of carbonyl (C=O) groups is 1. The summed E-state index contributed by atoms with van der Waals surface area (Å²) in [6.45, 7) is 18.5. The second kappa shape index (κ2) is 14.9. The summed E-state index contributed by atoms with van der Waals surface area (Å²) in [5.74, 6) is 1.46. The van der Waals surface area contributed by atoms with E-state index in [2.05, 4.69) is 114 Å². The monoisotopic (exact) mass is 554 g/mol. The fraction of sp³-hybridized carbons (Fsp3) is 0.513. The second-order valence-electron chi connectivity index (χ2n) is 14.1. The maximum atomic E-state index is 12.0. The maximum Gasteiger partial charge on any atom is 0.311 e. The lowest BCUT2D eigenvalue weighted by molar-refractivity contribution is -0.139. The first-order chi connectivity index (χ1) is 19.4. The van der Waals surface area contributed by atoms with Crippen LogP contribution in [0.15, 0.2) is 84.9 Å². The van der Waals surface area contributed by atoms with Crippen molar-refractivity contribution in [2.75, 3.05) is 0 Å². The molecule has 2 heteroatoms. The molecule has 2 unspecified atom stereocenters. The van der Waals surface area contributed by atoms with Crippen LogP contribution >= 0.6 is 0 Å². The Morgan fingerprint density at radius 1 is 0.732 bits per heavy atom. The fourth-order valence-corrected chi connectivity index (χ4v) is 7.26. The van der Waals surface area contributed by atoms with Gasteiger partial charge in [0.1, 0.15) is 0 Å². The smallest absolute Gasteiger partial charge is 0.311 e. The minimum absolute atomic E-state index is 0.0526. The van der Waals surface area contributed by atoms with Crippen LogP contribution in [-0.2, 0) is 11.2 Å². The molecule has 3 aromatic rings. The Hall–Kier alpha value is -2.87. The minimum atomic E-state index is -0.741. The highest BCUT2D eigenvalue weighted by molar-refractivity contribution is 5.76. The molecule has 0 saturated carbocycles. The Bertz CT molecular complexity index is 1190. The average molecular weight is 555 g/mol. The predicted octanol–water partition coefficient (Wildman–Crippen LogP) is 10.7. The van der Waals surface area contributed by atoms with E-state index in [0.29, 0.717) is 29.6 Å². The summed E-state index contributed by atoms with van der Waals surface area (Å²) < 4.78 is 0. The molecule has 0 aliphatic carbocycles. The first kappa shape index (κ1) is 32.6. The number of aliphatic carboxylic acids is 1. The standard InChI is InChI=1S/C39H54O2/c1-27(2)22-36(33-19-13-10-14-20-33)39(7,8)26-29(5)23-35(32-17-11-9-12-18-32)30(6)24-31-16-15-21-34(25-31)37(28(3)4)38(40)41/h9-21,25,27-30,35-37H,22-24,26H2,1-8H3,(H,40,41)/t29?,30?,35-,36-,37+/m1/s1. The molecule has 0 bridgehead atoms. The van der Waals surface area contributed by atoms with Crippen molar-refractivity contribution in [2.45, 2.75) is 98.8 Å². The van der Waals surface area contributed by atoms with E-state index in [9.17, 15) is 9.90 Å². The highest BCUT2D eigenvalue weighted by Gasteiger charge is 2.34. The van der Waals surface area contributed by atoms with Crippen LogP contribution < -0.4 is 0 Å². The Labute approximate surface area is 250 Å². The lowest BCUT2D eigenvalue weighted by atomic mass is 9.66. The van der Waals surface area contributed by atoms with Crippen molar-refractivity contribution < 1.29 is 9.90 Å². The third-order valence-electron chi connectivity index (χ3n) is 9.10. The molecule has 0 saturated heterocycles. The van der Waals surface area contributed by atoms with E-state index >= 15 is 0 Å². The van der Waals surface area contributed by atoms with E-state index in [1.807, 2.05) is 26.0 Å². The van der Waals surface area contributed by atoms with Crippen molar-refractivity contribution in [3.63, 3.8) is 0 Å². The molecule has 1 N–H and O–H groups in total. The van der Waals surface area contributed by atoms with Crippen molar-refractivity contribution in [3.05, 3.63) is 107 Å². The summed E-state index contributed by atoms with van der Waals surface area (Å²) in [6.07, 6.45) is 4.46. The molecular weight excluding hydrogens is 500 g/mol. The van der Waals surface area contributed by atoms with Crippen molar-refractivity contribution in [1.29, 1.82) is 0 Å². The largest absolute Gasteiger partial charge is 0.481 e. The highest BCUT2D eigenvalue weighted by atomic mass is 16.4. The zero-order valence-electron chi connectivity index (χ0n) is 26.8. The Balaban J connectivity index is 1.82. The van der Waals surface area contributed by atoms with E-state index < -0.39 is 11.9 Å². The van der Waals surface area contributed by atoms with Gasteiger partial charge in [-0.2, -0.15) is 0 Å². The van der Waals surface area contributed by atoms with Gasteiger partial charge in [-0.15, -0.1) is 0 Å². The normalized spacial score (nSPS) is 15.9. The summed E-state index contributed by atoms with van der Waals surface area (Å²) in [4.78, 5) is 12.0. The van der Waals surface area contributed by atoms with Crippen LogP contribution in [0.3, 0.4) is 0 Å². The van der Waals surface area contributed by atoms with Crippen molar-refractivity contribution in [1.82, 2.24) is 0 Å². The summed E-state index contributed by atoms with van der Waals surface area (Å²) in [5, 5.41) is 9.86. The van der Waals surface area contributed by atoms with Crippen molar-refractivity contribution >= 4 is 5.97 Å². The number of rotatable bonds is 15. The van der Waals surface area contributed by atoms with Gasteiger partial charge in [0, 0.05) is 0 Å². The van der Waals surface area contributed by atoms with Gasteiger partial charge >= 0.3 is 5.97 Å². The fourth-order valence-electron chi connectivity index (χ4n) is 7.26. The summed E-state index contributed by atoms with van der Waals surface area (Å²) in [5.41, 5.74) is 5.21. The third kappa shape index (κ3) is 9.32. The second-order valence-corrected chi connectivity index (χ2v) is 14.1. The average Bonchev–Trinajstić information content (AvgIpc) is 2.90. The van der Waals surface area contributed by atoms with Crippen molar-refractivity contribution in [3.8, 4) is 0 Å². The Morgan fingerprint density at radius 3 is 1.83 bits per heavy atom. The van der Waals surface area contributed by atoms with Gasteiger partial charge in [-0.1, -0.05) is 140 Å². The van der Waals surface area contributed by atoms with Crippen LogP contribution in [0.4, 0.5) is 0 Å². The Morgan fingerprint density at radius 2 is 1.29 bits per heavy atom. The number of hydrogen-bond donors (Lipinski definition) is 1.